The van der Waals surface area contributed by atoms with Crippen LogP contribution in [0.3, 0.4) is 0 Å². The average molecular weight is 333 g/mol. The second-order valence-electron chi connectivity index (χ2n) is 4.78. The van der Waals surface area contributed by atoms with Crippen LogP contribution in [0.15, 0.2) is 42.5 Å². The molecule has 1 unspecified atom stereocenters. The molecular formula is C15H13ClN4OS. The van der Waals surface area contributed by atoms with Crippen molar-refractivity contribution in [2.45, 2.75) is 5.92 Å². The quantitative estimate of drug-likeness (QED) is 0.769. The lowest BCUT2D eigenvalue weighted by Crippen LogP contribution is -2.27. The Bertz CT molecular complexity index is 803. The van der Waals surface area contributed by atoms with Crippen molar-refractivity contribution in [2.24, 2.45) is 5.73 Å². The van der Waals surface area contributed by atoms with Gasteiger partial charge in [-0.3, -0.25) is 4.79 Å². The molecule has 2 aromatic carbocycles. The van der Waals surface area contributed by atoms with Crippen molar-refractivity contribution in [1.82, 2.24) is 9.59 Å². The molecule has 0 aliphatic carbocycles. The number of carbonyl (C=O) groups excluding carboxylic acids is 1. The van der Waals surface area contributed by atoms with Crippen LogP contribution in [0.5, 0.6) is 0 Å². The highest BCUT2D eigenvalue weighted by atomic mass is 35.5. The molecule has 3 aromatic rings. The van der Waals surface area contributed by atoms with Gasteiger partial charge in [-0.25, -0.2) is 0 Å². The van der Waals surface area contributed by atoms with E-state index in [1.807, 2.05) is 24.3 Å². The molecular weight excluding hydrogens is 320 g/mol. The van der Waals surface area contributed by atoms with Gasteiger partial charge in [0.25, 0.3) is 0 Å². The molecule has 0 saturated heterocycles. The number of aromatic nitrogens is 2. The van der Waals surface area contributed by atoms with Gasteiger partial charge >= 0.3 is 0 Å². The number of rotatable bonds is 4. The molecule has 1 aromatic heterocycles. The Labute approximate surface area is 136 Å². The fraction of sp³-hybridized carbons (Fsp3) is 0.133. The molecule has 5 nitrogen and oxygen atoms in total. The second kappa shape index (κ2) is 6.39. The fourth-order valence-corrected chi connectivity index (χ4v) is 2.90. The van der Waals surface area contributed by atoms with Gasteiger partial charge in [0, 0.05) is 17.3 Å². The first-order valence-corrected chi connectivity index (χ1v) is 7.81. The summed E-state index contributed by atoms with van der Waals surface area (Å²) in [5, 5.41) is 7.48. The molecule has 0 fully saturated rings. The zero-order valence-corrected chi connectivity index (χ0v) is 13.1. The second-order valence-corrected chi connectivity index (χ2v) is 6.01. The summed E-state index contributed by atoms with van der Waals surface area (Å²) in [5.41, 5.74) is 8.12. The Hall–Kier alpha value is -2.02. The number of hydrogen-bond donors (Lipinski definition) is 2. The van der Waals surface area contributed by atoms with Crippen molar-refractivity contribution in [3.63, 3.8) is 0 Å². The Morgan fingerprint density at radius 3 is 2.77 bits per heavy atom. The minimum absolute atomic E-state index is 0.151. The van der Waals surface area contributed by atoms with Crippen molar-refractivity contribution in [1.29, 1.82) is 0 Å². The number of amides is 1. The maximum absolute atomic E-state index is 12.5. The Morgan fingerprint density at radius 2 is 2.05 bits per heavy atom. The van der Waals surface area contributed by atoms with Crippen molar-refractivity contribution in [3.8, 4) is 0 Å². The highest BCUT2D eigenvalue weighted by molar-refractivity contribution is 7.12. The zero-order chi connectivity index (χ0) is 15.5. The lowest BCUT2D eigenvalue weighted by Gasteiger charge is -2.15. The number of anilines is 1. The van der Waals surface area contributed by atoms with Gasteiger partial charge in [0.05, 0.1) is 10.6 Å². The number of halogens is 1. The summed E-state index contributed by atoms with van der Waals surface area (Å²) in [6.45, 7) is 0.220. The first-order chi connectivity index (χ1) is 10.7. The highest BCUT2D eigenvalue weighted by Gasteiger charge is 2.19. The predicted molar refractivity (Wildman–Crippen MR) is 89.3 cm³/mol. The molecule has 0 radical (unpaired) electrons. The van der Waals surface area contributed by atoms with E-state index in [0.717, 1.165) is 15.8 Å². The summed E-state index contributed by atoms with van der Waals surface area (Å²) in [6.07, 6.45) is 0. The summed E-state index contributed by atoms with van der Waals surface area (Å²) in [6, 6.07) is 12.6. The average Bonchev–Trinajstić information content (AvgIpc) is 2.97. The largest absolute Gasteiger partial charge is 0.329 e. The van der Waals surface area contributed by atoms with Gasteiger partial charge in [-0.2, -0.15) is 0 Å². The molecule has 0 bridgehead atoms. The van der Waals surface area contributed by atoms with Crippen LogP contribution in [-0.2, 0) is 4.79 Å². The number of carbonyl (C=O) groups is 1. The van der Waals surface area contributed by atoms with Crippen LogP contribution in [-0.4, -0.2) is 22.0 Å². The van der Waals surface area contributed by atoms with E-state index in [1.165, 1.54) is 11.5 Å². The molecule has 1 heterocycles. The minimum Gasteiger partial charge on any atom is -0.329 e. The van der Waals surface area contributed by atoms with Crippen LogP contribution in [0.1, 0.15) is 11.5 Å². The molecule has 112 valence electrons. The Balaban J connectivity index is 1.80. The van der Waals surface area contributed by atoms with Gasteiger partial charge in [-0.15, -0.1) is 5.10 Å². The monoisotopic (exact) mass is 332 g/mol. The summed E-state index contributed by atoms with van der Waals surface area (Å²) in [7, 11) is 0. The van der Waals surface area contributed by atoms with Gasteiger partial charge in [-0.05, 0) is 47.4 Å². The fourth-order valence-electron chi connectivity index (χ4n) is 2.17. The van der Waals surface area contributed by atoms with E-state index < -0.39 is 5.92 Å². The topological polar surface area (TPSA) is 80.9 Å². The van der Waals surface area contributed by atoms with E-state index in [-0.39, 0.29) is 12.5 Å². The van der Waals surface area contributed by atoms with Gasteiger partial charge < -0.3 is 11.1 Å². The third kappa shape index (κ3) is 3.09. The first kappa shape index (κ1) is 14.9. The molecule has 7 heteroatoms. The van der Waals surface area contributed by atoms with E-state index in [1.54, 1.807) is 18.2 Å². The lowest BCUT2D eigenvalue weighted by molar-refractivity contribution is -0.117. The van der Waals surface area contributed by atoms with Crippen molar-refractivity contribution in [2.75, 3.05) is 11.9 Å². The van der Waals surface area contributed by atoms with Crippen molar-refractivity contribution in [3.05, 3.63) is 53.1 Å². The van der Waals surface area contributed by atoms with Gasteiger partial charge in [-0.1, -0.05) is 28.2 Å². The number of nitrogens with one attached hydrogen (secondary N) is 1. The van der Waals surface area contributed by atoms with Gasteiger partial charge in [0.15, 0.2) is 0 Å². The third-order valence-electron chi connectivity index (χ3n) is 3.34. The molecule has 0 saturated carbocycles. The van der Waals surface area contributed by atoms with E-state index in [2.05, 4.69) is 14.9 Å². The number of hydrogen-bond acceptors (Lipinski definition) is 5. The molecule has 1 amide bonds. The number of fused-ring (bicyclic) bond motifs is 1. The van der Waals surface area contributed by atoms with Crippen molar-refractivity contribution >= 4 is 44.9 Å². The summed E-state index contributed by atoms with van der Waals surface area (Å²) in [4.78, 5) is 12.5. The van der Waals surface area contributed by atoms with Crippen LogP contribution >= 0.6 is 23.1 Å². The minimum atomic E-state index is -0.424. The molecule has 0 aliphatic rings. The van der Waals surface area contributed by atoms with Gasteiger partial charge in [0.2, 0.25) is 5.91 Å². The number of nitrogens with zero attached hydrogens (tertiary/aromatic N) is 2. The molecule has 3 N–H and O–H groups in total. The van der Waals surface area contributed by atoms with E-state index in [4.69, 9.17) is 17.3 Å². The maximum atomic E-state index is 12.5. The summed E-state index contributed by atoms with van der Waals surface area (Å²) in [5.74, 6) is -0.575. The zero-order valence-electron chi connectivity index (χ0n) is 11.5. The van der Waals surface area contributed by atoms with Crippen LogP contribution in [0.4, 0.5) is 5.69 Å². The SMILES string of the molecule is NCC(C(=O)Nc1ccc2nnsc2c1)c1ccc(Cl)cc1. The number of benzene rings is 2. The Kier molecular flexibility index (Phi) is 4.33. The lowest BCUT2D eigenvalue weighted by atomic mass is 9.98. The molecule has 22 heavy (non-hydrogen) atoms. The van der Waals surface area contributed by atoms with Gasteiger partial charge in [0.1, 0.15) is 5.52 Å². The highest BCUT2D eigenvalue weighted by Crippen LogP contribution is 2.23. The maximum Gasteiger partial charge on any atom is 0.233 e. The van der Waals surface area contributed by atoms with Crippen LogP contribution in [0.25, 0.3) is 10.2 Å². The Morgan fingerprint density at radius 1 is 1.27 bits per heavy atom. The molecule has 3 rings (SSSR count). The van der Waals surface area contributed by atoms with E-state index >= 15 is 0 Å². The van der Waals surface area contributed by atoms with Crippen molar-refractivity contribution < 1.29 is 4.79 Å². The van der Waals surface area contributed by atoms with Crippen LogP contribution < -0.4 is 11.1 Å². The third-order valence-corrected chi connectivity index (χ3v) is 4.28. The molecule has 1 atom stereocenters. The predicted octanol–water partition coefficient (Wildman–Crippen LogP) is 3.03. The van der Waals surface area contributed by atoms with Crippen LogP contribution in [0, 0.1) is 0 Å². The normalized spacial score (nSPS) is 12.3. The number of nitrogens with two attached hydrogens (primary N) is 1. The summed E-state index contributed by atoms with van der Waals surface area (Å²) >= 11 is 7.16. The van der Waals surface area contributed by atoms with E-state index in [0.29, 0.717) is 10.7 Å². The molecule has 0 aliphatic heterocycles. The summed E-state index contributed by atoms with van der Waals surface area (Å²) < 4.78 is 4.80. The smallest absolute Gasteiger partial charge is 0.233 e. The standard InChI is InChI=1S/C15H13ClN4OS/c16-10-3-1-9(2-4-10)12(8-17)15(21)18-11-5-6-13-14(7-11)22-20-19-13/h1-7,12H,8,17H2,(H,18,21). The first-order valence-electron chi connectivity index (χ1n) is 6.66. The van der Waals surface area contributed by atoms with Crippen LogP contribution in [0.2, 0.25) is 5.02 Å². The van der Waals surface area contributed by atoms with E-state index in [9.17, 15) is 4.79 Å². The molecule has 0 spiro atoms.